The Labute approximate surface area is 133 Å². The maximum atomic E-state index is 12.7. The Bertz CT molecular complexity index is 485. The molecule has 1 amide bonds. The van der Waals surface area contributed by atoms with E-state index in [1.165, 1.54) is 12.8 Å². The average Bonchev–Trinajstić information content (AvgIpc) is 2.69. The number of benzene rings is 1. The number of rotatable bonds is 3. The quantitative estimate of drug-likeness (QED) is 0.789. The molecule has 0 radical (unpaired) electrons. The molecule has 3 N–H and O–H groups in total. The van der Waals surface area contributed by atoms with Gasteiger partial charge in [-0.15, -0.1) is 0 Å². The Morgan fingerprint density at radius 3 is 2.55 bits per heavy atom. The molecule has 0 aliphatic heterocycles. The minimum absolute atomic E-state index is 0.0184. The minimum Gasteiger partial charge on any atom is -0.329 e. The predicted octanol–water partition coefficient (Wildman–Crippen LogP) is 4.34. The van der Waals surface area contributed by atoms with Gasteiger partial charge in [0.2, 0.25) is 5.91 Å². The number of nitrogens with one attached hydrogen (secondary N) is 1. The van der Waals surface area contributed by atoms with Crippen molar-refractivity contribution in [2.45, 2.75) is 38.5 Å². The summed E-state index contributed by atoms with van der Waals surface area (Å²) in [5.74, 6) is 0.0184. The second-order valence-corrected chi connectivity index (χ2v) is 6.77. The molecule has 1 saturated carbocycles. The summed E-state index contributed by atoms with van der Waals surface area (Å²) in [5, 5.41) is 3.59. The van der Waals surface area contributed by atoms with Crippen LogP contribution in [-0.4, -0.2) is 12.5 Å². The Morgan fingerprint density at radius 1 is 1.30 bits per heavy atom. The van der Waals surface area contributed by atoms with E-state index in [1.54, 1.807) is 12.1 Å². The van der Waals surface area contributed by atoms with Gasteiger partial charge in [0.05, 0.1) is 11.1 Å². The van der Waals surface area contributed by atoms with Crippen molar-refractivity contribution in [3.05, 3.63) is 27.7 Å². The lowest BCUT2D eigenvalue weighted by molar-refractivity contribution is -0.125. The summed E-state index contributed by atoms with van der Waals surface area (Å²) in [7, 11) is 0. The first kappa shape index (κ1) is 15.8. The zero-order chi connectivity index (χ0) is 14.6. The van der Waals surface area contributed by atoms with Crippen molar-refractivity contribution in [3.63, 3.8) is 0 Å². The molecule has 1 aliphatic rings. The number of halogens is 2. The van der Waals surface area contributed by atoms with Crippen molar-refractivity contribution in [1.29, 1.82) is 0 Å². The van der Waals surface area contributed by atoms with Crippen LogP contribution in [0, 0.1) is 5.41 Å². The maximum Gasteiger partial charge on any atom is 0.231 e. The van der Waals surface area contributed by atoms with Crippen molar-refractivity contribution in [2.24, 2.45) is 11.1 Å². The molecular formula is C15H20BrClN2O. The van der Waals surface area contributed by atoms with Crippen LogP contribution < -0.4 is 11.1 Å². The highest BCUT2D eigenvalue weighted by molar-refractivity contribution is 9.10. The third-order valence-corrected chi connectivity index (χ3v) is 5.04. The molecule has 5 heteroatoms. The number of anilines is 1. The summed E-state index contributed by atoms with van der Waals surface area (Å²) < 4.78 is 0.830. The van der Waals surface area contributed by atoms with E-state index in [0.29, 0.717) is 17.3 Å². The molecule has 0 bridgehead atoms. The van der Waals surface area contributed by atoms with Gasteiger partial charge in [-0.1, -0.05) is 37.3 Å². The first-order valence-corrected chi connectivity index (χ1v) is 8.21. The minimum atomic E-state index is -0.432. The van der Waals surface area contributed by atoms with Crippen LogP contribution in [0.2, 0.25) is 5.02 Å². The largest absolute Gasteiger partial charge is 0.329 e. The van der Waals surface area contributed by atoms with Gasteiger partial charge in [0, 0.05) is 16.0 Å². The Balaban J connectivity index is 2.18. The number of carbonyl (C=O) groups excluding carboxylic acids is 1. The van der Waals surface area contributed by atoms with E-state index < -0.39 is 5.41 Å². The van der Waals surface area contributed by atoms with E-state index in [1.807, 2.05) is 6.07 Å². The van der Waals surface area contributed by atoms with Gasteiger partial charge < -0.3 is 11.1 Å². The third-order valence-electron chi connectivity index (χ3n) is 4.11. The average molecular weight is 360 g/mol. The molecule has 1 fully saturated rings. The SMILES string of the molecule is NCC1(C(=O)Nc2cc(Cl)ccc2Br)CCCCCC1. The van der Waals surface area contributed by atoms with E-state index in [2.05, 4.69) is 21.2 Å². The molecule has 0 aromatic heterocycles. The molecule has 110 valence electrons. The smallest absolute Gasteiger partial charge is 0.231 e. The summed E-state index contributed by atoms with van der Waals surface area (Å²) in [4.78, 5) is 12.7. The topological polar surface area (TPSA) is 55.1 Å². The van der Waals surface area contributed by atoms with Crippen LogP contribution in [0.1, 0.15) is 38.5 Å². The Morgan fingerprint density at radius 2 is 1.95 bits per heavy atom. The third kappa shape index (κ3) is 3.54. The number of hydrogen-bond acceptors (Lipinski definition) is 2. The highest BCUT2D eigenvalue weighted by Crippen LogP contribution is 2.36. The van der Waals surface area contributed by atoms with Crippen molar-refractivity contribution in [3.8, 4) is 0 Å². The van der Waals surface area contributed by atoms with Gasteiger partial charge in [-0.2, -0.15) is 0 Å². The Kier molecular flexibility index (Phi) is 5.47. The van der Waals surface area contributed by atoms with E-state index in [-0.39, 0.29) is 5.91 Å². The Hall–Kier alpha value is -0.580. The molecule has 0 heterocycles. The molecule has 0 saturated heterocycles. The van der Waals surface area contributed by atoms with E-state index in [4.69, 9.17) is 17.3 Å². The van der Waals surface area contributed by atoms with Crippen LogP contribution in [0.4, 0.5) is 5.69 Å². The van der Waals surface area contributed by atoms with Crippen molar-refractivity contribution in [1.82, 2.24) is 0 Å². The molecule has 0 atom stereocenters. The molecule has 1 aromatic carbocycles. The van der Waals surface area contributed by atoms with Crippen LogP contribution in [0.5, 0.6) is 0 Å². The molecule has 3 nitrogen and oxygen atoms in total. The summed E-state index contributed by atoms with van der Waals surface area (Å²) in [5.41, 5.74) is 6.21. The zero-order valence-corrected chi connectivity index (χ0v) is 13.8. The van der Waals surface area contributed by atoms with E-state index in [9.17, 15) is 4.79 Å². The summed E-state index contributed by atoms with van der Waals surface area (Å²) >= 11 is 9.42. The fourth-order valence-electron chi connectivity index (χ4n) is 2.78. The van der Waals surface area contributed by atoms with E-state index in [0.717, 1.165) is 30.2 Å². The van der Waals surface area contributed by atoms with Gasteiger partial charge in [-0.25, -0.2) is 0 Å². The molecule has 2 rings (SSSR count). The lowest BCUT2D eigenvalue weighted by Crippen LogP contribution is -2.42. The van der Waals surface area contributed by atoms with E-state index >= 15 is 0 Å². The van der Waals surface area contributed by atoms with Crippen molar-refractivity contribution in [2.75, 3.05) is 11.9 Å². The van der Waals surface area contributed by atoms with Gasteiger partial charge in [-0.05, 0) is 47.0 Å². The summed E-state index contributed by atoms with van der Waals surface area (Å²) in [6, 6.07) is 5.37. The fraction of sp³-hybridized carbons (Fsp3) is 0.533. The fourth-order valence-corrected chi connectivity index (χ4v) is 3.30. The molecule has 0 spiro atoms. The zero-order valence-electron chi connectivity index (χ0n) is 11.4. The molecule has 1 aromatic rings. The van der Waals surface area contributed by atoms with Crippen LogP contribution in [0.25, 0.3) is 0 Å². The van der Waals surface area contributed by atoms with Crippen LogP contribution in [-0.2, 0) is 4.79 Å². The molecule has 0 unspecified atom stereocenters. The van der Waals surface area contributed by atoms with Crippen molar-refractivity contribution >= 4 is 39.1 Å². The molecular weight excluding hydrogens is 340 g/mol. The highest BCUT2D eigenvalue weighted by Gasteiger charge is 2.37. The normalized spacial score (nSPS) is 18.4. The van der Waals surface area contributed by atoms with Gasteiger partial charge in [0.25, 0.3) is 0 Å². The van der Waals surface area contributed by atoms with Gasteiger partial charge in [-0.3, -0.25) is 4.79 Å². The summed E-state index contributed by atoms with van der Waals surface area (Å²) in [6.45, 7) is 0.400. The standard InChI is InChI=1S/C15H20BrClN2O/c16-12-6-5-11(17)9-13(12)19-14(20)15(10-18)7-3-1-2-4-8-15/h5-6,9H,1-4,7-8,10,18H2,(H,19,20). The lowest BCUT2D eigenvalue weighted by Gasteiger charge is -2.30. The van der Waals surface area contributed by atoms with Gasteiger partial charge in [0.1, 0.15) is 0 Å². The second kappa shape index (κ2) is 6.92. The predicted molar refractivity (Wildman–Crippen MR) is 87.0 cm³/mol. The van der Waals surface area contributed by atoms with Gasteiger partial charge in [0.15, 0.2) is 0 Å². The monoisotopic (exact) mass is 358 g/mol. The summed E-state index contributed by atoms with van der Waals surface area (Å²) in [6.07, 6.45) is 6.26. The first-order chi connectivity index (χ1) is 9.57. The second-order valence-electron chi connectivity index (χ2n) is 5.48. The number of amides is 1. The van der Waals surface area contributed by atoms with Crippen LogP contribution in [0.15, 0.2) is 22.7 Å². The molecule has 20 heavy (non-hydrogen) atoms. The van der Waals surface area contributed by atoms with Gasteiger partial charge >= 0.3 is 0 Å². The number of hydrogen-bond donors (Lipinski definition) is 2. The highest BCUT2D eigenvalue weighted by atomic mass is 79.9. The number of nitrogens with two attached hydrogens (primary N) is 1. The van der Waals surface area contributed by atoms with Crippen molar-refractivity contribution < 1.29 is 4.79 Å². The lowest BCUT2D eigenvalue weighted by atomic mass is 9.79. The maximum absolute atomic E-state index is 12.7. The van der Waals surface area contributed by atoms with Crippen LogP contribution >= 0.6 is 27.5 Å². The molecule has 1 aliphatic carbocycles. The first-order valence-electron chi connectivity index (χ1n) is 7.04. The van der Waals surface area contributed by atoms with Crippen LogP contribution in [0.3, 0.4) is 0 Å². The number of carbonyl (C=O) groups is 1.